The summed E-state index contributed by atoms with van der Waals surface area (Å²) in [5.41, 5.74) is 17.6. The zero-order valence-corrected chi connectivity index (χ0v) is 33.7. The molecule has 0 amide bonds. The number of para-hydroxylation sites is 3. The number of aromatic nitrogens is 1. The van der Waals surface area contributed by atoms with E-state index in [1.54, 1.807) is 0 Å². The van der Waals surface area contributed by atoms with Gasteiger partial charge >= 0.3 is 0 Å². The van der Waals surface area contributed by atoms with Crippen molar-refractivity contribution in [1.82, 2.24) is 4.57 Å². The third-order valence-corrected chi connectivity index (χ3v) is 12.3. The first kappa shape index (κ1) is 35.5. The van der Waals surface area contributed by atoms with E-state index < -0.39 is 0 Å². The second-order valence-corrected chi connectivity index (χ2v) is 16.2. The van der Waals surface area contributed by atoms with Crippen LogP contribution < -0.4 is 9.80 Å². The van der Waals surface area contributed by atoms with Gasteiger partial charge in [0.15, 0.2) is 0 Å². The van der Waals surface area contributed by atoms with Crippen LogP contribution in [0.15, 0.2) is 224 Å². The van der Waals surface area contributed by atoms with Crippen LogP contribution in [-0.2, 0) is 5.41 Å². The monoisotopic (exact) mass is 769 g/mol. The van der Waals surface area contributed by atoms with Gasteiger partial charge in [-0.15, -0.1) is 0 Å². The number of rotatable bonds is 8. The minimum Gasteiger partial charge on any atom is -0.310 e. The summed E-state index contributed by atoms with van der Waals surface area (Å²) in [6.07, 6.45) is 0. The molecule has 0 saturated carbocycles. The second kappa shape index (κ2) is 14.3. The van der Waals surface area contributed by atoms with Crippen LogP contribution in [0.5, 0.6) is 0 Å². The van der Waals surface area contributed by atoms with Crippen LogP contribution in [0.1, 0.15) is 25.0 Å². The smallest absolute Gasteiger partial charge is 0.0583 e. The maximum absolute atomic E-state index is 2.51. The highest BCUT2D eigenvalue weighted by molar-refractivity contribution is 6.14. The molecule has 11 rings (SSSR count). The first-order chi connectivity index (χ1) is 29.5. The Hall–Kier alpha value is -7.62. The van der Waals surface area contributed by atoms with Crippen LogP contribution in [0, 0.1) is 0 Å². The molecule has 0 aliphatic carbocycles. The molecule has 10 aromatic rings. The van der Waals surface area contributed by atoms with Crippen molar-refractivity contribution in [2.45, 2.75) is 19.3 Å². The standard InChI is InChI=1S/C57H43N3/c1-57(2)52-25-15-16-26-55(52)60-54-36-35-48(58(44-21-11-5-12-22-44)46-31-27-42(28-32-46)40-17-7-3-8-18-40)37-50(54)51-38-49(39-53(57)56(51)60)59(45-23-13-6-14-24-45)47-33-29-43(30-34-47)41-19-9-4-10-20-41/h3-39H,1-2H3. The number of hydrogen-bond acceptors (Lipinski definition) is 2. The highest BCUT2D eigenvalue weighted by Crippen LogP contribution is 2.51. The van der Waals surface area contributed by atoms with Gasteiger partial charge in [-0.25, -0.2) is 0 Å². The Morgan fingerprint density at radius 3 is 1.30 bits per heavy atom. The fraction of sp³-hybridized carbons (Fsp3) is 0.0526. The van der Waals surface area contributed by atoms with E-state index in [9.17, 15) is 0 Å². The van der Waals surface area contributed by atoms with Gasteiger partial charge in [-0.3, -0.25) is 0 Å². The van der Waals surface area contributed by atoms with Crippen LogP contribution in [0.2, 0.25) is 0 Å². The molecule has 2 heterocycles. The molecular weight excluding hydrogens is 727 g/mol. The van der Waals surface area contributed by atoms with E-state index in [2.05, 4.69) is 253 Å². The Bertz CT molecular complexity index is 3130. The van der Waals surface area contributed by atoms with E-state index in [1.807, 2.05) is 0 Å². The van der Waals surface area contributed by atoms with E-state index in [1.165, 1.54) is 60.9 Å². The molecule has 0 radical (unpaired) electrons. The highest BCUT2D eigenvalue weighted by Gasteiger charge is 2.36. The fourth-order valence-electron chi connectivity index (χ4n) is 9.37. The summed E-state index contributed by atoms with van der Waals surface area (Å²) >= 11 is 0. The van der Waals surface area contributed by atoms with Crippen molar-refractivity contribution < 1.29 is 0 Å². The molecule has 0 N–H and O–H groups in total. The van der Waals surface area contributed by atoms with Gasteiger partial charge in [-0.05, 0) is 118 Å². The summed E-state index contributed by atoms with van der Waals surface area (Å²) in [6, 6.07) is 81.5. The lowest BCUT2D eigenvalue weighted by atomic mass is 9.74. The van der Waals surface area contributed by atoms with Crippen LogP contribution >= 0.6 is 0 Å². The van der Waals surface area contributed by atoms with Crippen molar-refractivity contribution in [3.8, 4) is 27.9 Å². The van der Waals surface area contributed by atoms with E-state index in [-0.39, 0.29) is 5.41 Å². The van der Waals surface area contributed by atoms with Crippen LogP contribution in [0.3, 0.4) is 0 Å². The zero-order valence-electron chi connectivity index (χ0n) is 33.7. The van der Waals surface area contributed by atoms with Gasteiger partial charge in [0.1, 0.15) is 0 Å². The molecule has 9 aromatic carbocycles. The van der Waals surface area contributed by atoms with Crippen LogP contribution in [-0.4, -0.2) is 4.57 Å². The highest BCUT2D eigenvalue weighted by atomic mass is 15.2. The average molecular weight is 770 g/mol. The summed E-state index contributed by atoms with van der Waals surface area (Å²) in [6.45, 7) is 4.77. The maximum Gasteiger partial charge on any atom is 0.0583 e. The Labute approximate surface area is 351 Å². The molecule has 1 aliphatic rings. The third-order valence-electron chi connectivity index (χ3n) is 12.3. The summed E-state index contributed by atoms with van der Waals surface area (Å²) in [4.78, 5) is 4.79. The van der Waals surface area contributed by atoms with Gasteiger partial charge in [0.2, 0.25) is 0 Å². The molecule has 0 saturated heterocycles. The lowest BCUT2D eigenvalue weighted by Crippen LogP contribution is -2.26. The quantitative estimate of drug-likeness (QED) is 0.152. The minimum absolute atomic E-state index is 0.256. The van der Waals surface area contributed by atoms with E-state index in [0.29, 0.717) is 0 Å². The molecule has 286 valence electrons. The molecule has 1 aliphatic heterocycles. The normalized spacial score (nSPS) is 12.6. The van der Waals surface area contributed by atoms with E-state index in [4.69, 9.17) is 0 Å². The third kappa shape index (κ3) is 5.89. The maximum atomic E-state index is 2.51. The van der Waals surface area contributed by atoms with Gasteiger partial charge in [-0.1, -0.05) is 153 Å². The summed E-state index contributed by atoms with van der Waals surface area (Å²) in [5, 5.41) is 2.45. The van der Waals surface area contributed by atoms with Crippen molar-refractivity contribution in [3.05, 3.63) is 236 Å². The number of hydrogen-bond donors (Lipinski definition) is 0. The lowest BCUT2D eigenvalue weighted by molar-refractivity contribution is 0.630. The Morgan fingerprint density at radius 2 is 0.750 bits per heavy atom. The van der Waals surface area contributed by atoms with Crippen molar-refractivity contribution >= 4 is 55.9 Å². The zero-order chi connectivity index (χ0) is 40.2. The molecule has 3 heteroatoms. The molecule has 60 heavy (non-hydrogen) atoms. The van der Waals surface area contributed by atoms with E-state index in [0.717, 1.165) is 34.1 Å². The summed E-state index contributed by atoms with van der Waals surface area (Å²) < 4.78 is 2.51. The molecule has 0 unspecified atom stereocenters. The number of fused-ring (bicyclic) bond motifs is 5. The van der Waals surface area contributed by atoms with Gasteiger partial charge in [0, 0.05) is 50.3 Å². The predicted molar refractivity (Wildman–Crippen MR) is 253 cm³/mol. The van der Waals surface area contributed by atoms with Gasteiger partial charge < -0.3 is 14.4 Å². The molecule has 3 nitrogen and oxygen atoms in total. The first-order valence-electron chi connectivity index (χ1n) is 20.8. The van der Waals surface area contributed by atoms with Crippen LogP contribution in [0.4, 0.5) is 34.1 Å². The number of benzene rings is 9. The molecule has 0 atom stereocenters. The first-order valence-corrected chi connectivity index (χ1v) is 20.8. The van der Waals surface area contributed by atoms with Crippen molar-refractivity contribution in [3.63, 3.8) is 0 Å². The second-order valence-electron chi connectivity index (χ2n) is 16.2. The Morgan fingerprint density at radius 1 is 0.333 bits per heavy atom. The molecule has 0 bridgehead atoms. The SMILES string of the molecule is CC1(C)c2ccccc2-n2c3ccc(N(c4ccccc4)c4ccc(-c5ccccc5)cc4)cc3c3cc(N(c4ccccc4)c4ccc(-c5ccccc5)cc4)cc1c32. The average Bonchev–Trinajstić information content (AvgIpc) is 3.64. The number of anilines is 6. The fourth-order valence-corrected chi connectivity index (χ4v) is 9.37. The largest absolute Gasteiger partial charge is 0.310 e. The summed E-state index contributed by atoms with van der Waals surface area (Å²) in [5.74, 6) is 0. The van der Waals surface area contributed by atoms with Crippen molar-refractivity contribution in [2.24, 2.45) is 0 Å². The van der Waals surface area contributed by atoms with Gasteiger partial charge in [-0.2, -0.15) is 0 Å². The topological polar surface area (TPSA) is 11.4 Å². The van der Waals surface area contributed by atoms with Crippen molar-refractivity contribution in [1.29, 1.82) is 0 Å². The molecular formula is C57H43N3. The van der Waals surface area contributed by atoms with Crippen LogP contribution in [0.25, 0.3) is 49.7 Å². The lowest BCUT2D eigenvalue weighted by Gasteiger charge is -2.36. The predicted octanol–water partition coefficient (Wildman–Crippen LogP) is 15.7. The minimum atomic E-state index is -0.256. The molecule has 0 fully saturated rings. The molecule has 0 spiro atoms. The number of nitrogens with zero attached hydrogens (tertiary/aromatic N) is 3. The van der Waals surface area contributed by atoms with Crippen molar-refractivity contribution in [2.75, 3.05) is 9.80 Å². The van der Waals surface area contributed by atoms with Gasteiger partial charge in [0.05, 0.1) is 16.7 Å². The Kier molecular flexibility index (Phi) is 8.49. The van der Waals surface area contributed by atoms with Gasteiger partial charge in [0.25, 0.3) is 0 Å². The molecule has 1 aromatic heterocycles. The Balaban J connectivity index is 1.14. The van der Waals surface area contributed by atoms with E-state index >= 15 is 0 Å². The summed E-state index contributed by atoms with van der Waals surface area (Å²) in [7, 11) is 0.